The number of rotatable bonds is 6. The van der Waals surface area contributed by atoms with Crippen LogP contribution in [0.1, 0.15) is 28.5 Å². The molecule has 39 heavy (non-hydrogen) atoms. The van der Waals surface area contributed by atoms with E-state index in [0.29, 0.717) is 35.2 Å². The molecule has 2 fully saturated rings. The predicted molar refractivity (Wildman–Crippen MR) is 154 cm³/mol. The minimum atomic E-state index is -0.358. The Labute approximate surface area is 237 Å². The Bertz CT molecular complexity index is 1410. The molecule has 3 heterocycles. The number of anilines is 2. The molecule has 1 amide bonds. The fourth-order valence-electron chi connectivity index (χ4n) is 5.75. The van der Waals surface area contributed by atoms with Gasteiger partial charge in [-0.05, 0) is 48.2 Å². The largest absolute Gasteiger partial charge is 0.389 e. The van der Waals surface area contributed by atoms with Gasteiger partial charge in [0, 0.05) is 62.6 Å². The molecule has 3 aliphatic rings. The Kier molecular flexibility index (Phi) is 7.21. The number of carbonyl (C=O) groups is 1. The third-order valence-electron chi connectivity index (χ3n) is 8.09. The van der Waals surface area contributed by atoms with Crippen molar-refractivity contribution in [3.63, 3.8) is 0 Å². The molecule has 3 aromatic rings. The van der Waals surface area contributed by atoms with Crippen LogP contribution in [0.2, 0.25) is 5.02 Å². The molecule has 202 valence electrons. The summed E-state index contributed by atoms with van der Waals surface area (Å²) in [6.45, 7) is 4.77. The van der Waals surface area contributed by atoms with Crippen LogP contribution in [-0.4, -0.2) is 84.8 Å². The van der Waals surface area contributed by atoms with Gasteiger partial charge in [-0.1, -0.05) is 41.1 Å². The van der Waals surface area contributed by atoms with E-state index in [1.165, 1.54) is 28.2 Å². The fraction of sp³-hybridized carbons (Fsp3) is 0.414. The Balaban J connectivity index is 1.14. The lowest BCUT2D eigenvalue weighted by Gasteiger charge is -2.40. The molecule has 0 bridgehead atoms. The zero-order valence-corrected chi connectivity index (χ0v) is 23.5. The van der Waals surface area contributed by atoms with Gasteiger partial charge >= 0.3 is 0 Å². The number of thiazole rings is 1. The number of nitrogens with zero attached hydrogens (tertiary/aromatic N) is 6. The fourth-order valence-corrected chi connectivity index (χ4v) is 6.78. The van der Waals surface area contributed by atoms with Crippen molar-refractivity contribution in [1.82, 2.24) is 14.8 Å². The molecule has 0 radical (unpaired) electrons. The molecule has 1 aromatic heterocycles. The molecule has 1 unspecified atom stereocenters. The van der Waals surface area contributed by atoms with E-state index in [2.05, 4.69) is 46.0 Å². The lowest BCUT2D eigenvalue weighted by Crippen LogP contribution is -2.57. The molecular formula is C29H31ClN6O2S. The first-order valence-corrected chi connectivity index (χ1v) is 14.5. The monoisotopic (exact) mass is 562 g/mol. The number of benzene rings is 2. The predicted octanol–water partition coefficient (Wildman–Crippen LogP) is 3.78. The van der Waals surface area contributed by atoms with Crippen molar-refractivity contribution in [3.8, 4) is 17.3 Å². The number of aryl methyl sites for hydroxylation is 1. The maximum Gasteiger partial charge on any atom is 0.236 e. The van der Waals surface area contributed by atoms with Crippen LogP contribution in [0.3, 0.4) is 0 Å². The molecular weight excluding hydrogens is 532 g/mol. The number of aliphatic hydroxyl groups is 1. The molecule has 2 aromatic carbocycles. The third-order valence-corrected chi connectivity index (χ3v) is 9.39. The smallest absolute Gasteiger partial charge is 0.236 e. The van der Waals surface area contributed by atoms with Crippen molar-refractivity contribution in [1.29, 1.82) is 5.26 Å². The first kappa shape index (κ1) is 26.1. The second kappa shape index (κ2) is 10.8. The average Bonchev–Trinajstić information content (AvgIpc) is 3.56. The van der Waals surface area contributed by atoms with Gasteiger partial charge in [-0.2, -0.15) is 5.26 Å². The second-order valence-electron chi connectivity index (χ2n) is 10.6. The van der Waals surface area contributed by atoms with Crippen LogP contribution in [0.15, 0.2) is 42.5 Å². The maximum absolute atomic E-state index is 12.4. The van der Waals surface area contributed by atoms with Crippen LogP contribution in [0.5, 0.6) is 0 Å². The molecule has 6 rings (SSSR count). The number of nitriles is 1. The SMILES string of the molecule is CN(c1nc(-c2ccc(Cl)cc2)c(C#N)s1)C1CCc2ccc(N3CCN(CC(=O)N4CC(O)C4)CC3)cc21. The Morgan fingerprint density at radius 3 is 2.62 bits per heavy atom. The molecule has 8 nitrogen and oxygen atoms in total. The van der Waals surface area contributed by atoms with Crippen LogP contribution in [0.4, 0.5) is 10.8 Å². The van der Waals surface area contributed by atoms with Gasteiger partial charge in [0.15, 0.2) is 5.13 Å². The van der Waals surface area contributed by atoms with Gasteiger partial charge in [-0.15, -0.1) is 0 Å². The summed E-state index contributed by atoms with van der Waals surface area (Å²) >= 11 is 7.50. The first-order valence-electron chi connectivity index (χ1n) is 13.4. The van der Waals surface area contributed by atoms with Gasteiger partial charge in [-0.3, -0.25) is 9.69 Å². The van der Waals surface area contributed by atoms with Crippen molar-refractivity contribution in [3.05, 3.63) is 63.5 Å². The number of hydrogen-bond donors (Lipinski definition) is 1. The lowest BCUT2D eigenvalue weighted by molar-refractivity contribution is -0.142. The molecule has 1 atom stereocenters. The van der Waals surface area contributed by atoms with Crippen LogP contribution < -0.4 is 9.80 Å². The number of halogens is 1. The summed E-state index contributed by atoms with van der Waals surface area (Å²) in [4.78, 5) is 26.5. The van der Waals surface area contributed by atoms with E-state index in [1.807, 2.05) is 24.3 Å². The molecule has 2 aliphatic heterocycles. The van der Waals surface area contributed by atoms with Crippen molar-refractivity contribution in [2.45, 2.75) is 25.0 Å². The highest BCUT2D eigenvalue weighted by atomic mass is 35.5. The Morgan fingerprint density at radius 1 is 1.18 bits per heavy atom. The van der Waals surface area contributed by atoms with E-state index >= 15 is 0 Å². The standard InChI is InChI=1S/C29H31ClN6O2S/c1-33(29-32-28(26(15-31)39-29)20-2-6-21(30)7-3-20)25-9-5-19-4-8-22(14-24(19)25)35-12-10-34(11-13-35)18-27(38)36-16-23(37)17-36/h2-4,6-8,14,23,25,37H,5,9-13,16-18H2,1H3. The number of β-amino-alcohol motifs (C(OH)–C–C–N with tert-alkyl or cyclic N) is 1. The lowest BCUT2D eigenvalue weighted by atomic mass is 10.1. The number of aliphatic hydroxyl groups excluding tert-OH is 1. The van der Waals surface area contributed by atoms with Crippen molar-refractivity contribution < 1.29 is 9.90 Å². The summed E-state index contributed by atoms with van der Waals surface area (Å²) in [6.07, 6.45) is 1.67. The third kappa shape index (κ3) is 5.22. The van der Waals surface area contributed by atoms with Crippen LogP contribution >= 0.6 is 22.9 Å². The van der Waals surface area contributed by atoms with Gasteiger partial charge in [0.05, 0.1) is 18.7 Å². The molecule has 10 heteroatoms. The van der Waals surface area contributed by atoms with E-state index in [-0.39, 0.29) is 18.1 Å². The number of piperazine rings is 1. The van der Waals surface area contributed by atoms with E-state index in [9.17, 15) is 15.2 Å². The van der Waals surface area contributed by atoms with E-state index in [4.69, 9.17) is 16.6 Å². The highest BCUT2D eigenvalue weighted by molar-refractivity contribution is 7.16. The highest BCUT2D eigenvalue weighted by Crippen LogP contribution is 2.42. The van der Waals surface area contributed by atoms with Gasteiger partial charge in [-0.25, -0.2) is 4.98 Å². The van der Waals surface area contributed by atoms with Crippen molar-refractivity contribution >= 4 is 39.7 Å². The van der Waals surface area contributed by atoms with Gasteiger partial charge in [0.25, 0.3) is 0 Å². The zero-order chi connectivity index (χ0) is 27.1. The quantitative estimate of drug-likeness (QED) is 0.489. The summed E-state index contributed by atoms with van der Waals surface area (Å²) in [6, 6.07) is 16.8. The van der Waals surface area contributed by atoms with E-state index in [1.54, 1.807) is 4.90 Å². The van der Waals surface area contributed by atoms with Gasteiger partial charge in [0.1, 0.15) is 16.6 Å². The molecule has 1 aliphatic carbocycles. The van der Waals surface area contributed by atoms with Gasteiger partial charge < -0.3 is 19.8 Å². The van der Waals surface area contributed by atoms with Gasteiger partial charge in [0.2, 0.25) is 5.91 Å². The minimum absolute atomic E-state index is 0.109. The topological polar surface area (TPSA) is 86.9 Å². The number of aromatic nitrogens is 1. The summed E-state index contributed by atoms with van der Waals surface area (Å²) in [5.74, 6) is 0.109. The zero-order valence-electron chi connectivity index (χ0n) is 21.9. The van der Waals surface area contributed by atoms with E-state index < -0.39 is 0 Å². The summed E-state index contributed by atoms with van der Waals surface area (Å²) in [7, 11) is 2.07. The number of amides is 1. The highest BCUT2D eigenvalue weighted by Gasteiger charge is 2.32. The second-order valence-corrected chi connectivity index (χ2v) is 12.0. The minimum Gasteiger partial charge on any atom is -0.389 e. The average molecular weight is 563 g/mol. The van der Waals surface area contributed by atoms with Crippen LogP contribution in [0, 0.1) is 11.3 Å². The molecule has 0 saturated carbocycles. The summed E-state index contributed by atoms with van der Waals surface area (Å²) in [5.41, 5.74) is 5.50. The molecule has 1 N–H and O–H groups in total. The normalized spacial score (nSPS) is 19.5. The van der Waals surface area contributed by atoms with Crippen molar-refractivity contribution in [2.75, 3.05) is 62.7 Å². The van der Waals surface area contributed by atoms with E-state index in [0.717, 1.165) is 49.7 Å². The number of carbonyl (C=O) groups excluding carboxylic acids is 1. The Hall–Kier alpha value is -3.16. The first-order chi connectivity index (χ1) is 18.9. The summed E-state index contributed by atoms with van der Waals surface area (Å²) in [5, 5.41) is 20.7. The number of likely N-dealkylation sites (tertiary alicyclic amines) is 1. The Morgan fingerprint density at radius 2 is 1.92 bits per heavy atom. The molecule has 2 saturated heterocycles. The molecule has 0 spiro atoms. The maximum atomic E-state index is 12.4. The van der Waals surface area contributed by atoms with Crippen LogP contribution in [0.25, 0.3) is 11.3 Å². The summed E-state index contributed by atoms with van der Waals surface area (Å²) < 4.78 is 0. The van der Waals surface area contributed by atoms with Crippen molar-refractivity contribution in [2.24, 2.45) is 0 Å². The number of fused-ring (bicyclic) bond motifs is 1. The number of hydrogen-bond acceptors (Lipinski definition) is 8. The van der Waals surface area contributed by atoms with Crippen LogP contribution in [-0.2, 0) is 11.2 Å².